The molecule has 3 rings (SSSR count). The van der Waals surface area contributed by atoms with Crippen molar-refractivity contribution in [3.05, 3.63) is 47.3 Å². The zero-order valence-corrected chi connectivity index (χ0v) is 15.8. The standard InChI is InChI=1S/C19H25N5O3/c1-19(2,3)24(18(26)27)14-5-4-13(10-14)22-16-7-6-15(11-21-16)23-12-20-9-8-17(23)25/h6-9,11-14H,4-5,10H2,1-3H3,(H,21,22)(H,26,27)/t13-,14-/m0/s1. The van der Waals surface area contributed by atoms with Gasteiger partial charge in [-0.15, -0.1) is 0 Å². The molecule has 2 aromatic heterocycles. The Kier molecular flexibility index (Phi) is 5.16. The molecule has 144 valence electrons. The van der Waals surface area contributed by atoms with Crippen LogP contribution in [0.15, 0.2) is 41.7 Å². The predicted octanol–water partition coefficient (Wildman–Crippen LogP) is 2.74. The number of nitrogens with zero attached hydrogens (tertiary/aromatic N) is 4. The van der Waals surface area contributed by atoms with Crippen LogP contribution in [0, 0.1) is 0 Å². The summed E-state index contributed by atoms with van der Waals surface area (Å²) in [5, 5.41) is 12.9. The highest BCUT2D eigenvalue weighted by Crippen LogP contribution is 2.31. The molecule has 2 atom stereocenters. The summed E-state index contributed by atoms with van der Waals surface area (Å²) in [7, 11) is 0. The molecule has 0 unspecified atom stereocenters. The number of carboxylic acid groups (broad SMARTS) is 1. The summed E-state index contributed by atoms with van der Waals surface area (Å²) >= 11 is 0. The minimum atomic E-state index is -0.877. The Hall–Kier alpha value is -2.90. The van der Waals surface area contributed by atoms with Gasteiger partial charge in [-0.25, -0.2) is 14.8 Å². The summed E-state index contributed by atoms with van der Waals surface area (Å²) in [5.41, 5.74) is 0.0530. The second kappa shape index (κ2) is 7.38. The topological polar surface area (TPSA) is 100 Å². The number of anilines is 1. The van der Waals surface area contributed by atoms with Crippen LogP contribution in [0.1, 0.15) is 40.0 Å². The molecule has 27 heavy (non-hydrogen) atoms. The Bertz CT molecular complexity index is 857. The number of aromatic nitrogens is 3. The predicted molar refractivity (Wildman–Crippen MR) is 102 cm³/mol. The second-order valence-electron chi connectivity index (χ2n) is 7.82. The van der Waals surface area contributed by atoms with Crippen molar-refractivity contribution in [1.29, 1.82) is 0 Å². The maximum Gasteiger partial charge on any atom is 0.407 e. The highest BCUT2D eigenvalue weighted by Gasteiger charge is 2.37. The van der Waals surface area contributed by atoms with Crippen LogP contribution in [-0.2, 0) is 0 Å². The smallest absolute Gasteiger partial charge is 0.407 e. The molecule has 1 aliphatic rings. The molecular weight excluding hydrogens is 346 g/mol. The molecule has 0 saturated heterocycles. The lowest BCUT2D eigenvalue weighted by Crippen LogP contribution is -2.50. The third-order valence-corrected chi connectivity index (χ3v) is 4.80. The molecule has 2 N–H and O–H groups in total. The van der Waals surface area contributed by atoms with Gasteiger partial charge in [-0.1, -0.05) is 0 Å². The molecule has 8 heteroatoms. The molecule has 0 aromatic carbocycles. The van der Waals surface area contributed by atoms with Gasteiger partial charge in [-0.3, -0.25) is 9.36 Å². The number of rotatable bonds is 4. The van der Waals surface area contributed by atoms with Gasteiger partial charge in [0.2, 0.25) is 0 Å². The number of carbonyl (C=O) groups is 1. The van der Waals surface area contributed by atoms with E-state index in [0.29, 0.717) is 11.5 Å². The minimum Gasteiger partial charge on any atom is -0.465 e. The molecule has 0 radical (unpaired) electrons. The van der Waals surface area contributed by atoms with Crippen molar-refractivity contribution in [1.82, 2.24) is 19.4 Å². The van der Waals surface area contributed by atoms with E-state index in [0.717, 1.165) is 19.3 Å². The second-order valence-corrected chi connectivity index (χ2v) is 7.82. The van der Waals surface area contributed by atoms with Crippen LogP contribution in [0.5, 0.6) is 0 Å². The summed E-state index contributed by atoms with van der Waals surface area (Å²) in [6.45, 7) is 5.76. The first-order chi connectivity index (χ1) is 12.8. The van der Waals surface area contributed by atoms with Gasteiger partial charge in [0.1, 0.15) is 12.1 Å². The van der Waals surface area contributed by atoms with Crippen molar-refractivity contribution < 1.29 is 9.90 Å². The van der Waals surface area contributed by atoms with Crippen molar-refractivity contribution in [3.63, 3.8) is 0 Å². The van der Waals surface area contributed by atoms with Crippen LogP contribution in [0.2, 0.25) is 0 Å². The van der Waals surface area contributed by atoms with E-state index < -0.39 is 11.6 Å². The van der Waals surface area contributed by atoms with E-state index in [2.05, 4.69) is 15.3 Å². The normalized spacial score (nSPS) is 19.7. The SMILES string of the molecule is CC(C)(C)N(C(=O)O)[C@H]1CC[C@H](Nc2ccc(-n3cnccc3=O)cn2)C1. The van der Waals surface area contributed by atoms with Gasteiger partial charge >= 0.3 is 6.09 Å². The first kappa shape index (κ1) is 18.9. The molecular formula is C19H25N5O3. The number of nitrogens with one attached hydrogen (secondary N) is 1. The Labute approximate surface area is 157 Å². The highest BCUT2D eigenvalue weighted by atomic mass is 16.4. The van der Waals surface area contributed by atoms with E-state index in [1.165, 1.54) is 23.2 Å². The average Bonchev–Trinajstić information content (AvgIpc) is 3.02. The maximum atomic E-state index is 11.8. The van der Waals surface area contributed by atoms with Gasteiger partial charge in [0, 0.05) is 29.9 Å². The molecule has 1 fully saturated rings. The molecule has 0 aliphatic heterocycles. The van der Waals surface area contributed by atoms with Crippen LogP contribution >= 0.6 is 0 Å². The molecule has 2 aromatic rings. The van der Waals surface area contributed by atoms with Gasteiger partial charge in [0.05, 0.1) is 11.9 Å². The summed E-state index contributed by atoms with van der Waals surface area (Å²) in [5.74, 6) is 0.707. The van der Waals surface area contributed by atoms with E-state index in [4.69, 9.17) is 0 Å². The molecule has 0 bridgehead atoms. The van der Waals surface area contributed by atoms with Crippen LogP contribution in [0.25, 0.3) is 5.69 Å². The van der Waals surface area contributed by atoms with Crippen LogP contribution in [0.3, 0.4) is 0 Å². The van der Waals surface area contributed by atoms with E-state index in [9.17, 15) is 14.7 Å². The molecule has 8 nitrogen and oxygen atoms in total. The largest absolute Gasteiger partial charge is 0.465 e. The molecule has 2 heterocycles. The molecule has 1 aliphatic carbocycles. The lowest BCUT2D eigenvalue weighted by molar-refractivity contribution is 0.0718. The van der Waals surface area contributed by atoms with E-state index in [-0.39, 0.29) is 17.6 Å². The Morgan fingerprint density at radius 3 is 2.67 bits per heavy atom. The van der Waals surface area contributed by atoms with E-state index in [1.54, 1.807) is 11.1 Å². The fourth-order valence-corrected chi connectivity index (χ4v) is 3.68. The van der Waals surface area contributed by atoms with Gasteiger partial charge in [-0.05, 0) is 52.2 Å². The van der Waals surface area contributed by atoms with Crippen molar-refractivity contribution in [2.24, 2.45) is 0 Å². The van der Waals surface area contributed by atoms with Crippen molar-refractivity contribution in [2.75, 3.05) is 5.32 Å². The third-order valence-electron chi connectivity index (χ3n) is 4.80. The van der Waals surface area contributed by atoms with E-state index in [1.807, 2.05) is 32.9 Å². The Balaban J connectivity index is 1.66. The minimum absolute atomic E-state index is 0.00626. The fraction of sp³-hybridized carbons (Fsp3) is 0.474. The van der Waals surface area contributed by atoms with Gasteiger partial charge in [0.15, 0.2) is 0 Å². The molecule has 1 amide bonds. The highest BCUT2D eigenvalue weighted by molar-refractivity contribution is 5.66. The molecule has 1 saturated carbocycles. The lowest BCUT2D eigenvalue weighted by Gasteiger charge is -2.38. The third kappa shape index (κ3) is 4.27. The van der Waals surface area contributed by atoms with Crippen LogP contribution in [-0.4, -0.2) is 48.3 Å². The first-order valence-electron chi connectivity index (χ1n) is 9.03. The van der Waals surface area contributed by atoms with E-state index >= 15 is 0 Å². The number of hydrogen-bond donors (Lipinski definition) is 2. The summed E-state index contributed by atoms with van der Waals surface area (Å²) in [6.07, 6.45) is 6.11. The first-order valence-corrected chi connectivity index (χ1v) is 9.03. The molecule has 0 spiro atoms. The van der Waals surface area contributed by atoms with Crippen molar-refractivity contribution in [3.8, 4) is 5.69 Å². The fourth-order valence-electron chi connectivity index (χ4n) is 3.68. The van der Waals surface area contributed by atoms with Gasteiger partial charge in [-0.2, -0.15) is 0 Å². The number of amides is 1. The maximum absolute atomic E-state index is 11.8. The van der Waals surface area contributed by atoms with Crippen LogP contribution in [0.4, 0.5) is 10.6 Å². The van der Waals surface area contributed by atoms with Gasteiger partial charge in [0.25, 0.3) is 5.56 Å². The summed E-state index contributed by atoms with van der Waals surface area (Å²) in [4.78, 5) is 33.4. The lowest BCUT2D eigenvalue weighted by atomic mass is 10.0. The monoisotopic (exact) mass is 371 g/mol. The summed E-state index contributed by atoms with van der Waals surface area (Å²) in [6, 6.07) is 5.19. The Morgan fingerprint density at radius 2 is 2.07 bits per heavy atom. The number of hydrogen-bond acceptors (Lipinski definition) is 5. The zero-order chi connectivity index (χ0) is 19.6. The number of pyridine rings is 1. The summed E-state index contributed by atoms with van der Waals surface area (Å²) < 4.78 is 1.43. The van der Waals surface area contributed by atoms with Gasteiger partial charge < -0.3 is 15.3 Å². The quantitative estimate of drug-likeness (QED) is 0.857. The van der Waals surface area contributed by atoms with Crippen molar-refractivity contribution >= 4 is 11.9 Å². The zero-order valence-electron chi connectivity index (χ0n) is 15.8. The van der Waals surface area contributed by atoms with Crippen molar-refractivity contribution in [2.45, 2.75) is 57.7 Å². The Morgan fingerprint density at radius 1 is 1.30 bits per heavy atom. The van der Waals surface area contributed by atoms with Crippen LogP contribution < -0.4 is 10.9 Å². The average molecular weight is 371 g/mol.